The van der Waals surface area contributed by atoms with Crippen molar-refractivity contribution in [2.45, 2.75) is 64.3 Å². The Morgan fingerprint density at radius 1 is 1.09 bits per heavy atom. The Hall–Kier alpha value is -2.86. The van der Waals surface area contributed by atoms with Crippen LogP contribution in [0, 0.1) is 17.7 Å². The van der Waals surface area contributed by atoms with Gasteiger partial charge in [-0.05, 0) is 85.3 Å². The number of nitrogens with zero attached hydrogens (tertiary/aromatic N) is 3. The zero-order valence-corrected chi connectivity index (χ0v) is 20.7. The van der Waals surface area contributed by atoms with Gasteiger partial charge in [-0.3, -0.25) is 14.8 Å². The fraction of sp³-hybridized carbons (Fsp3) is 0.483. The molecule has 0 unspecified atom stereocenters. The minimum absolute atomic E-state index is 0.0653. The van der Waals surface area contributed by atoms with Gasteiger partial charge in [-0.15, -0.1) is 0 Å². The van der Waals surface area contributed by atoms with Crippen LogP contribution in [0.1, 0.15) is 73.4 Å². The maximum Gasteiger partial charge on any atom is 0.169 e. The molecule has 1 saturated carbocycles. The van der Waals surface area contributed by atoms with Gasteiger partial charge < -0.3 is 10.6 Å². The molecular weight excluding hydrogens is 439 g/mol. The third kappa shape index (κ3) is 5.08. The molecule has 2 fully saturated rings. The Labute approximate surface area is 206 Å². The molecule has 0 amide bonds. The van der Waals surface area contributed by atoms with Crippen molar-refractivity contribution in [1.82, 2.24) is 9.97 Å². The maximum absolute atomic E-state index is 14.9. The zero-order chi connectivity index (χ0) is 24.5. The first-order chi connectivity index (χ1) is 16.9. The zero-order valence-electron chi connectivity index (χ0n) is 20.7. The predicted molar refractivity (Wildman–Crippen MR) is 138 cm³/mol. The van der Waals surface area contributed by atoms with E-state index in [1.54, 1.807) is 24.7 Å². The lowest BCUT2D eigenvalue weighted by Crippen LogP contribution is -2.32. The van der Waals surface area contributed by atoms with Crippen molar-refractivity contribution in [3.63, 3.8) is 0 Å². The van der Waals surface area contributed by atoms with Crippen molar-refractivity contribution in [3.05, 3.63) is 65.4 Å². The van der Waals surface area contributed by atoms with Crippen molar-refractivity contribution in [3.8, 4) is 0 Å². The SMILES string of the molecule is CC1CCN(c2cnc3c(C(=O)Cc4cnccc4[C@@H]4C[C@H](C)C[C@H](N)C4)ccc(F)c3c2)CC1. The van der Waals surface area contributed by atoms with Crippen LogP contribution in [0.25, 0.3) is 10.9 Å². The highest BCUT2D eigenvalue weighted by molar-refractivity contribution is 6.08. The summed E-state index contributed by atoms with van der Waals surface area (Å²) in [6, 6.07) is 7.04. The normalized spacial score (nSPS) is 23.5. The third-order valence-corrected chi connectivity index (χ3v) is 7.94. The van der Waals surface area contributed by atoms with Crippen molar-refractivity contribution in [1.29, 1.82) is 0 Å². The van der Waals surface area contributed by atoms with Crippen molar-refractivity contribution in [2.24, 2.45) is 17.6 Å². The highest BCUT2D eigenvalue weighted by Gasteiger charge is 2.28. The number of nitrogens with two attached hydrogens (primary N) is 1. The summed E-state index contributed by atoms with van der Waals surface area (Å²) in [6.45, 7) is 6.40. The number of piperidine rings is 1. The quantitative estimate of drug-likeness (QED) is 0.483. The number of aromatic nitrogens is 2. The maximum atomic E-state index is 14.9. The van der Waals surface area contributed by atoms with E-state index in [0.29, 0.717) is 34.2 Å². The standard InChI is InChI=1S/C29H35FN4O/c1-18-6-9-34(10-7-18)23-15-26-27(30)4-3-25(29(26)33-17-23)28(35)14-21-16-32-8-5-24(21)20-11-19(2)12-22(31)13-20/h3-5,8,15-20,22H,6-7,9-14,31H2,1-2H3/t19-,20+,22-/m0/s1. The van der Waals surface area contributed by atoms with Crippen LogP contribution in [0.2, 0.25) is 0 Å². The number of anilines is 1. The van der Waals surface area contributed by atoms with E-state index < -0.39 is 0 Å². The minimum atomic E-state index is -0.344. The Kier molecular flexibility index (Phi) is 6.83. The number of Topliss-reactive ketones (excluding diaryl/α,β-unsaturated/α-hetero) is 1. The van der Waals surface area contributed by atoms with Gasteiger partial charge in [0, 0.05) is 48.9 Å². The molecule has 3 aromatic rings. The topological polar surface area (TPSA) is 72.1 Å². The summed E-state index contributed by atoms with van der Waals surface area (Å²) in [5, 5.41) is 0.408. The number of carbonyl (C=O) groups is 1. The lowest BCUT2D eigenvalue weighted by atomic mass is 9.75. The number of benzene rings is 1. The summed E-state index contributed by atoms with van der Waals surface area (Å²) in [5.74, 6) is 1.19. The number of rotatable bonds is 5. The minimum Gasteiger partial charge on any atom is -0.370 e. The van der Waals surface area contributed by atoms with E-state index in [1.165, 1.54) is 6.07 Å². The van der Waals surface area contributed by atoms with Crippen LogP contribution in [-0.4, -0.2) is 34.9 Å². The first-order valence-electron chi connectivity index (χ1n) is 12.9. The van der Waals surface area contributed by atoms with Crippen molar-refractivity contribution >= 4 is 22.4 Å². The number of ketones is 1. The van der Waals surface area contributed by atoms with Crippen LogP contribution < -0.4 is 10.6 Å². The molecule has 0 radical (unpaired) electrons. The number of pyridine rings is 2. The summed E-state index contributed by atoms with van der Waals surface area (Å²) in [4.78, 5) is 24.7. The van der Waals surface area contributed by atoms with Crippen LogP contribution >= 0.6 is 0 Å². The van der Waals surface area contributed by atoms with Crippen molar-refractivity contribution in [2.75, 3.05) is 18.0 Å². The Balaban J connectivity index is 1.42. The first-order valence-corrected chi connectivity index (χ1v) is 12.9. The fourth-order valence-corrected chi connectivity index (χ4v) is 6.00. The van der Waals surface area contributed by atoms with Crippen LogP contribution in [-0.2, 0) is 6.42 Å². The predicted octanol–water partition coefficient (Wildman–Crippen LogP) is 5.66. The fourth-order valence-electron chi connectivity index (χ4n) is 6.00. The second-order valence-electron chi connectivity index (χ2n) is 10.8. The van der Waals surface area contributed by atoms with Gasteiger partial charge in [-0.25, -0.2) is 4.39 Å². The number of halogens is 1. The van der Waals surface area contributed by atoms with E-state index in [1.807, 2.05) is 12.1 Å². The molecule has 1 aliphatic heterocycles. The van der Waals surface area contributed by atoms with E-state index >= 15 is 0 Å². The van der Waals surface area contributed by atoms with Gasteiger partial charge in [0.2, 0.25) is 0 Å². The molecule has 2 aromatic heterocycles. The number of fused-ring (bicyclic) bond motifs is 1. The second kappa shape index (κ2) is 10.0. The van der Waals surface area contributed by atoms with Gasteiger partial charge in [-0.2, -0.15) is 0 Å². The summed E-state index contributed by atoms with van der Waals surface area (Å²) in [6.07, 6.45) is 10.9. The first kappa shape index (κ1) is 23.9. The van der Waals surface area contributed by atoms with Gasteiger partial charge in [0.1, 0.15) is 5.82 Å². The second-order valence-corrected chi connectivity index (χ2v) is 10.8. The number of hydrogen-bond acceptors (Lipinski definition) is 5. The third-order valence-electron chi connectivity index (χ3n) is 7.94. The highest BCUT2D eigenvalue weighted by atomic mass is 19.1. The molecule has 35 heavy (non-hydrogen) atoms. The van der Waals surface area contributed by atoms with E-state index in [9.17, 15) is 9.18 Å². The largest absolute Gasteiger partial charge is 0.370 e. The molecule has 0 bridgehead atoms. The number of hydrogen-bond donors (Lipinski definition) is 1. The monoisotopic (exact) mass is 474 g/mol. The van der Waals surface area contributed by atoms with Crippen molar-refractivity contribution < 1.29 is 9.18 Å². The van der Waals surface area contributed by atoms with E-state index in [-0.39, 0.29) is 24.1 Å². The van der Waals surface area contributed by atoms with Gasteiger partial charge in [0.05, 0.1) is 17.4 Å². The summed E-state index contributed by atoms with van der Waals surface area (Å²) >= 11 is 0. The average molecular weight is 475 g/mol. The molecular formula is C29H35FN4O. The average Bonchev–Trinajstić information content (AvgIpc) is 2.84. The van der Waals surface area contributed by atoms with Crippen LogP contribution in [0.5, 0.6) is 0 Å². The molecule has 2 aliphatic rings. The smallest absolute Gasteiger partial charge is 0.169 e. The molecule has 2 N–H and O–H groups in total. The molecule has 6 heteroatoms. The molecule has 3 heterocycles. The molecule has 5 rings (SSSR count). The lowest BCUT2D eigenvalue weighted by Gasteiger charge is -2.32. The van der Waals surface area contributed by atoms with Crippen LogP contribution in [0.4, 0.5) is 10.1 Å². The van der Waals surface area contributed by atoms with E-state index in [0.717, 1.165) is 62.0 Å². The van der Waals surface area contributed by atoms with Gasteiger partial charge >= 0.3 is 0 Å². The molecule has 5 nitrogen and oxygen atoms in total. The van der Waals surface area contributed by atoms with E-state index in [2.05, 4.69) is 28.7 Å². The Bertz CT molecular complexity index is 1210. The molecule has 1 saturated heterocycles. The molecule has 184 valence electrons. The molecule has 1 aromatic carbocycles. The van der Waals surface area contributed by atoms with Gasteiger partial charge in [0.25, 0.3) is 0 Å². The van der Waals surface area contributed by atoms with E-state index in [4.69, 9.17) is 5.73 Å². The molecule has 0 spiro atoms. The molecule has 3 atom stereocenters. The lowest BCUT2D eigenvalue weighted by molar-refractivity contribution is 0.0994. The Morgan fingerprint density at radius 3 is 2.66 bits per heavy atom. The highest BCUT2D eigenvalue weighted by Crippen LogP contribution is 2.37. The summed E-state index contributed by atoms with van der Waals surface area (Å²) in [7, 11) is 0. The summed E-state index contributed by atoms with van der Waals surface area (Å²) < 4.78 is 14.9. The molecule has 1 aliphatic carbocycles. The number of carbonyl (C=O) groups excluding carboxylic acids is 1. The van der Waals surface area contributed by atoms with Crippen LogP contribution in [0.3, 0.4) is 0 Å². The van der Waals surface area contributed by atoms with Gasteiger partial charge in [-0.1, -0.05) is 13.8 Å². The van der Waals surface area contributed by atoms with Crippen LogP contribution in [0.15, 0.2) is 42.9 Å². The van der Waals surface area contributed by atoms with Gasteiger partial charge in [0.15, 0.2) is 5.78 Å². The Morgan fingerprint density at radius 2 is 1.89 bits per heavy atom. The summed E-state index contributed by atoms with van der Waals surface area (Å²) in [5.41, 5.74) is 10.2.